The van der Waals surface area contributed by atoms with E-state index in [1.54, 1.807) is 42.0 Å². The Kier molecular flexibility index (Phi) is 7.13. The summed E-state index contributed by atoms with van der Waals surface area (Å²) in [5.74, 6) is 1.80. The Morgan fingerprint density at radius 2 is 1.85 bits per heavy atom. The number of aromatic amines is 1. The molecule has 12 heteroatoms. The second-order valence-electron chi connectivity index (χ2n) is 10.2. The van der Waals surface area contributed by atoms with E-state index in [9.17, 15) is 9.59 Å². The number of hydrogen-bond donors (Lipinski definition) is 1. The zero-order chi connectivity index (χ0) is 27.7. The topological polar surface area (TPSA) is 132 Å². The summed E-state index contributed by atoms with van der Waals surface area (Å²) in [5, 5.41) is 13.5. The van der Waals surface area contributed by atoms with Crippen LogP contribution < -0.4 is 15.0 Å². The van der Waals surface area contributed by atoms with Crippen LogP contribution in [0.15, 0.2) is 45.8 Å². The third kappa shape index (κ3) is 4.87. The van der Waals surface area contributed by atoms with Crippen LogP contribution >= 0.6 is 0 Å². The molecule has 5 rings (SSSR count). The SMILES string of the molecule is CCC(C)(C)n1nnnc1C(c1cc2cc(OC)c(OC)cc2[nH]c1=O)N1CCN(C(=O)c2ccco2)CC1. The lowest BCUT2D eigenvalue weighted by Crippen LogP contribution is -2.51. The van der Waals surface area contributed by atoms with Crippen LogP contribution in [0, 0.1) is 0 Å². The number of methoxy groups -OCH3 is 2. The molecule has 3 aromatic heterocycles. The molecule has 0 aliphatic carbocycles. The van der Waals surface area contributed by atoms with Crippen LogP contribution in [0.4, 0.5) is 0 Å². The van der Waals surface area contributed by atoms with Gasteiger partial charge in [-0.25, -0.2) is 4.68 Å². The minimum Gasteiger partial charge on any atom is -0.493 e. The molecule has 1 N–H and O–H groups in total. The predicted molar refractivity (Wildman–Crippen MR) is 143 cm³/mol. The summed E-state index contributed by atoms with van der Waals surface area (Å²) >= 11 is 0. The number of tetrazole rings is 1. The highest BCUT2D eigenvalue weighted by Gasteiger charge is 2.36. The number of benzene rings is 1. The van der Waals surface area contributed by atoms with Crippen molar-refractivity contribution in [1.29, 1.82) is 0 Å². The van der Waals surface area contributed by atoms with Gasteiger partial charge in [-0.1, -0.05) is 6.92 Å². The van der Waals surface area contributed by atoms with Crippen molar-refractivity contribution in [2.24, 2.45) is 0 Å². The average Bonchev–Trinajstić information content (AvgIpc) is 3.66. The molecule has 206 valence electrons. The van der Waals surface area contributed by atoms with Crippen molar-refractivity contribution in [2.45, 2.75) is 38.8 Å². The molecule has 39 heavy (non-hydrogen) atoms. The summed E-state index contributed by atoms with van der Waals surface area (Å²) in [6.45, 7) is 8.15. The van der Waals surface area contributed by atoms with E-state index in [2.05, 4.69) is 46.2 Å². The van der Waals surface area contributed by atoms with Crippen molar-refractivity contribution < 1.29 is 18.7 Å². The third-order valence-corrected chi connectivity index (χ3v) is 7.55. The van der Waals surface area contributed by atoms with Gasteiger partial charge in [-0.2, -0.15) is 0 Å². The highest BCUT2D eigenvalue weighted by Crippen LogP contribution is 2.34. The summed E-state index contributed by atoms with van der Waals surface area (Å²) in [7, 11) is 3.13. The van der Waals surface area contributed by atoms with Crippen LogP contribution in [0.3, 0.4) is 0 Å². The van der Waals surface area contributed by atoms with Crippen LogP contribution in [0.1, 0.15) is 55.2 Å². The molecular weight excluding hydrogens is 502 g/mol. The van der Waals surface area contributed by atoms with Gasteiger partial charge in [0.05, 0.1) is 31.5 Å². The van der Waals surface area contributed by atoms with Crippen molar-refractivity contribution >= 4 is 16.8 Å². The first-order chi connectivity index (χ1) is 18.8. The average molecular weight is 536 g/mol. The number of ether oxygens (including phenoxy) is 2. The number of amides is 1. The second kappa shape index (κ2) is 10.5. The van der Waals surface area contributed by atoms with Crippen LogP contribution in [0.2, 0.25) is 0 Å². The van der Waals surface area contributed by atoms with Crippen LogP contribution in [0.5, 0.6) is 11.5 Å². The summed E-state index contributed by atoms with van der Waals surface area (Å²) < 4.78 is 18.0. The first kappa shape index (κ1) is 26.4. The third-order valence-electron chi connectivity index (χ3n) is 7.55. The number of furan rings is 1. The summed E-state index contributed by atoms with van der Waals surface area (Å²) in [6.07, 6.45) is 2.28. The fourth-order valence-corrected chi connectivity index (χ4v) is 4.94. The van der Waals surface area contributed by atoms with E-state index in [0.717, 1.165) is 11.8 Å². The molecule has 4 heterocycles. The molecule has 1 aliphatic heterocycles. The van der Waals surface area contributed by atoms with Gasteiger partial charge in [-0.3, -0.25) is 14.5 Å². The molecule has 0 spiro atoms. The molecule has 0 saturated carbocycles. The summed E-state index contributed by atoms with van der Waals surface area (Å²) in [6, 6.07) is 8.26. The molecule has 1 atom stereocenters. The standard InChI is InChI=1S/C27H33N7O5/c1-6-27(2,3)34-24(29-30-31-34)23(32-9-11-33(12-10-32)26(36)20-8-7-13-39-20)18-14-17-15-21(37-4)22(38-5)16-19(17)28-25(18)35/h7-8,13-16,23H,6,9-12H2,1-5H3,(H,28,35). The smallest absolute Gasteiger partial charge is 0.289 e. The normalized spacial score (nSPS) is 15.5. The minimum absolute atomic E-state index is 0.155. The van der Waals surface area contributed by atoms with E-state index in [0.29, 0.717) is 60.3 Å². The van der Waals surface area contributed by atoms with Gasteiger partial charge in [0.1, 0.15) is 6.04 Å². The summed E-state index contributed by atoms with van der Waals surface area (Å²) in [5.41, 5.74) is 0.498. The Hall–Kier alpha value is -4.19. The van der Waals surface area contributed by atoms with Gasteiger partial charge in [0.25, 0.3) is 11.5 Å². The Morgan fingerprint density at radius 3 is 2.49 bits per heavy atom. The molecule has 1 unspecified atom stereocenters. The van der Waals surface area contributed by atoms with Crippen LogP contribution in [-0.2, 0) is 5.54 Å². The van der Waals surface area contributed by atoms with E-state index in [1.165, 1.54) is 6.26 Å². The molecule has 1 amide bonds. The number of pyridine rings is 1. The number of fused-ring (bicyclic) bond motifs is 1. The maximum atomic E-state index is 13.6. The molecule has 1 saturated heterocycles. The number of nitrogens with one attached hydrogen (secondary N) is 1. The lowest BCUT2D eigenvalue weighted by molar-refractivity contribution is 0.0554. The highest BCUT2D eigenvalue weighted by atomic mass is 16.5. The van der Waals surface area contributed by atoms with Crippen molar-refractivity contribution in [1.82, 2.24) is 35.0 Å². The largest absolute Gasteiger partial charge is 0.493 e. The number of rotatable bonds is 8. The first-order valence-corrected chi connectivity index (χ1v) is 12.9. The van der Waals surface area contributed by atoms with Crippen molar-refractivity contribution in [2.75, 3.05) is 40.4 Å². The van der Waals surface area contributed by atoms with E-state index >= 15 is 0 Å². The number of nitrogens with zero attached hydrogens (tertiary/aromatic N) is 6. The van der Waals surface area contributed by atoms with Crippen molar-refractivity contribution in [3.05, 3.63) is 64.1 Å². The Morgan fingerprint density at radius 1 is 1.13 bits per heavy atom. The van der Waals surface area contributed by atoms with Gasteiger partial charge >= 0.3 is 0 Å². The highest BCUT2D eigenvalue weighted by molar-refractivity contribution is 5.91. The number of H-pyrrole nitrogens is 1. The molecule has 1 fully saturated rings. The molecule has 12 nitrogen and oxygen atoms in total. The first-order valence-electron chi connectivity index (χ1n) is 12.9. The minimum atomic E-state index is -0.548. The Labute approximate surface area is 225 Å². The predicted octanol–water partition coefficient (Wildman–Crippen LogP) is 2.82. The van der Waals surface area contributed by atoms with Gasteiger partial charge in [0, 0.05) is 43.2 Å². The lowest BCUT2D eigenvalue weighted by atomic mass is 9.98. The zero-order valence-corrected chi connectivity index (χ0v) is 22.8. The number of aromatic nitrogens is 5. The maximum absolute atomic E-state index is 13.6. The van der Waals surface area contributed by atoms with Gasteiger partial charge in [0.2, 0.25) is 0 Å². The van der Waals surface area contributed by atoms with E-state index < -0.39 is 6.04 Å². The monoisotopic (exact) mass is 535 g/mol. The zero-order valence-electron chi connectivity index (χ0n) is 22.8. The molecule has 4 aromatic rings. The number of piperazine rings is 1. The fourth-order valence-electron chi connectivity index (χ4n) is 4.94. The van der Waals surface area contributed by atoms with Gasteiger partial charge < -0.3 is 23.8 Å². The van der Waals surface area contributed by atoms with Crippen LogP contribution in [-0.4, -0.2) is 81.3 Å². The fraction of sp³-hybridized carbons (Fsp3) is 0.444. The number of carbonyl (C=O) groups excluding carboxylic acids is 1. The van der Waals surface area contributed by atoms with E-state index in [4.69, 9.17) is 13.9 Å². The van der Waals surface area contributed by atoms with E-state index in [1.807, 2.05) is 12.1 Å². The molecular formula is C27H33N7O5. The molecule has 1 aromatic carbocycles. The molecule has 1 aliphatic rings. The number of hydrogen-bond acceptors (Lipinski definition) is 9. The van der Waals surface area contributed by atoms with Gasteiger partial charge in [-0.15, -0.1) is 5.10 Å². The number of carbonyl (C=O) groups is 1. The molecule has 0 radical (unpaired) electrons. The van der Waals surface area contributed by atoms with Crippen molar-refractivity contribution in [3.8, 4) is 11.5 Å². The lowest BCUT2D eigenvalue weighted by Gasteiger charge is -2.39. The van der Waals surface area contributed by atoms with E-state index in [-0.39, 0.29) is 17.0 Å². The Bertz CT molecular complexity index is 1520. The van der Waals surface area contributed by atoms with Crippen LogP contribution in [0.25, 0.3) is 10.9 Å². The Balaban J connectivity index is 1.57. The molecule has 0 bridgehead atoms. The van der Waals surface area contributed by atoms with Crippen molar-refractivity contribution in [3.63, 3.8) is 0 Å². The maximum Gasteiger partial charge on any atom is 0.289 e. The van der Waals surface area contributed by atoms with Gasteiger partial charge in [-0.05, 0) is 55.0 Å². The second-order valence-corrected chi connectivity index (χ2v) is 10.2. The van der Waals surface area contributed by atoms with Gasteiger partial charge in [0.15, 0.2) is 23.1 Å². The quantitative estimate of drug-likeness (QED) is 0.362. The summed E-state index contributed by atoms with van der Waals surface area (Å²) in [4.78, 5) is 33.4.